The van der Waals surface area contributed by atoms with Crippen molar-refractivity contribution in [3.8, 4) is 0 Å². The Kier molecular flexibility index (Phi) is 6.47. The summed E-state index contributed by atoms with van der Waals surface area (Å²) >= 11 is 1.56. The fourth-order valence-electron chi connectivity index (χ4n) is 2.33. The minimum Gasteiger partial charge on any atom is -0.351 e. The zero-order chi connectivity index (χ0) is 16.7. The molecule has 1 aromatic carbocycles. The Labute approximate surface area is 142 Å². The molecule has 0 fully saturated rings. The third-order valence-electron chi connectivity index (χ3n) is 3.39. The Morgan fingerprint density at radius 3 is 2.83 bits per heavy atom. The smallest absolute Gasteiger partial charge is 0.230 e. The molecule has 0 radical (unpaired) electrons. The number of carbonyl (C=O) groups is 1. The number of thioether (sulfide) groups is 1. The molecule has 0 aliphatic rings. The second-order valence-corrected chi connectivity index (χ2v) is 6.52. The molecule has 5 heteroatoms. The van der Waals surface area contributed by atoms with Gasteiger partial charge in [0, 0.05) is 18.0 Å². The third kappa shape index (κ3) is 5.60. The zero-order valence-corrected chi connectivity index (χ0v) is 14.5. The van der Waals surface area contributed by atoms with Crippen molar-refractivity contribution in [1.82, 2.24) is 15.1 Å². The predicted octanol–water partition coefficient (Wildman–Crippen LogP) is 3.08. The lowest BCUT2D eigenvalue weighted by molar-refractivity contribution is -0.118. The fourth-order valence-corrected chi connectivity index (χ4v) is 2.90. The van der Waals surface area contributed by atoms with Gasteiger partial charge in [-0.15, -0.1) is 18.3 Å². The SMILES string of the molecule is C=CCSCC(=O)NCc1cccc(Cn2nc(C)cc2C)c1. The molecule has 1 N–H and O–H groups in total. The van der Waals surface area contributed by atoms with Crippen LogP contribution >= 0.6 is 11.8 Å². The summed E-state index contributed by atoms with van der Waals surface area (Å²) in [5.74, 6) is 1.32. The van der Waals surface area contributed by atoms with Crippen LogP contribution in [0.4, 0.5) is 0 Å². The van der Waals surface area contributed by atoms with Crippen molar-refractivity contribution in [3.63, 3.8) is 0 Å². The Hall–Kier alpha value is -2.01. The number of rotatable bonds is 8. The fraction of sp³-hybridized carbons (Fsp3) is 0.333. The number of hydrogen-bond donors (Lipinski definition) is 1. The number of nitrogens with zero attached hydrogens (tertiary/aromatic N) is 2. The number of hydrogen-bond acceptors (Lipinski definition) is 3. The maximum absolute atomic E-state index is 11.7. The summed E-state index contributed by atoms with van der Waals surface area (Å²) in [5, 5.41) is 7.44. The van der Waals surface area contributed by atoms with Crippen molar-refractivity contribution in [2.24, 2.45) is 0 Å². The maximum Gasteiger partial charge on any atom is 0.230 e. The highest BCUT2D eigenvalue weighted by Gasteiger charge is 2.04. The number of aromatic nitrogens is 2. The van der Waals surface area contributed by atoms with Crippen LogP contribution in [0.15, 0.2) is 43.0 Å². The summed E-state index contributed by atoms with van der Waals surface area (Å²) in [4.78, 5) is 11.7. The minimum absolute atomic E-state index is 0.0563. The van der Waals surface area contributed by atoms with E-state index in [2.05, 4.69) is 42.1 Å². The molecule has 0 atom stereocenters. The second kappa shape index (κ2) is 8.58. The Balaban J connectivity index is 1.90. The molecule has 0 saturated heterocycles. The molecular weight excluding hydrogens is 306 g/mol. The van der Waals surface area contributed by atoms with Gasteiger partial charge in [0.1, 0.15) is 0 Å². The summed E-state index contributed by atoms with van der Waals surface area (Å²) in [5.41, 5.74) is 4.47. The molecule has 0 aliphatic heterocycles. The van der Waals surface area contributed by atoms with Crippen LogP contribution < -0.4 is 5.32 Å². The van der Waals surface area contributed by atoms with Crippen molar-refractivity contribution in [1.29, 1.82) is 0 Å². The first-order valence-corrected chi connectivity index (χ1v) is 8.78. The first-order valence-electron chi connectivity index (χ1n) is 7.62. The van der Waals surface area contributed by atoms with E-state index in [1.165, 1.54) is 5.56 Å². The zero-order valence-electron chi connectivity index (χ0n) is 13.7. The van der Waals surface area contributed by atoms with E-state index in [9.17, 15) is 4.79 Å². The van der Waals surface area contributed by atoms with E-state index in [0.717, 1.165) is 29.2 Å². The van der Waals surface area contributed by atoms with Crippen molar-refractivity contribution in [3.05, 3.63) is 65.5 Å². The first-order chi connectivity index (χ1) is 11.1. The normalized spacial score (nSPS) is 10.5. The van der Waals surface area contributed by atoms with Crippen LogP contribution in [-0.4, -0.2) is 27.2 Å². The van der Waals surface area contributed by atoms with E-state index in [1.807, 2.05) is 23.7 Å². The van der Waals surface area contributed by atoms with Crippen LogP contribution in [0.25, 0.3) is 0 Å². The molecule has 0 unspecified atom stereocenters. The number of amides is 1. The van der Waals surface area contributed by atoms with Gasteiger partial charge in [0.05, 0.1) is 18.0 Å². The highest BCUT2D eigenvalue weighted by molar-refractivity contribution is 8.00. The van der Waals surface area contributed by atoms with Crippen LogP contribution in [0, 0.1) is 13.8 Å². The predicted molar refractivity (Wildman–Crippen MR) is 96.6 cm³/mol. The molecule has 0 saturated carbocycles. The van der Waals surface area contributed by atoms with Crippen LogP contribution in [0.2, 0.25) is 0 Å². The molecule has 2 aromatic rings. The molecule has 4 nitrogen and oxygen atoms in total. The summed E-state index contributed by atoms with van der Waals surface area (Å²) in [7, 11) is 0. The number of aryl methyl sites for hydroxylation is 2. The second-order valence-electron chi connectivity index (χ2n) is 5.49. The molecule has 1 amide bonds. The van der Waals surface area contributed by atoms with E-state index < -0.39 is 0 Å². The Morgan fingerprint density at radius 2 is 2.13 bits per heavy atom. The third-order valence-corrected chi connectivity index (χ3v) is 4.32. The minimum atomic E-state index is 0.0563. The number of benzene rings is 1. The van der Waals surface area contributed by atoms with Gasteiger partial charge in [0.25, 0.3) is 0 Å². The van der Waals surface area contributed by atoms with Gasteiger partial charge >= 0.3 is 0 Å². The van der Waals surface area contributed by atoms with E-state index >= 15 is 0 Å². The van der Waals surface area contributed by atoms with E-state index in [4.69, 9.17) is 0 Å². The molecule has 23 heavy (non-hydrogen) atoms. The highest BCUT2D eigenvalue weighted by atomic mass is 32.2. The van der Waals surface area contributed by atoms with E-state index in [1.54, 1.807) is 17.8 Å². The van der Waals surface area contributed by atoms with Crippen LogP contribution in [0.5, 0.6) is 0 Å². The molecule has 1 aromatic heterocycles. The van der Waals surface area contributed by atoms with Gasteiger partial charge < -0.3 is 5.32 Å². The van der Waals surface area contributed by atoms with Crippen LogP contribution in [-0.2, 0) is 17.9 Å². The lowest BCUT2D eigenvalue weighted by Crippen LogP contribution is -2.24. The lowest BCUT2D eigenvalue weighted by Gasteiger charge is -2.08. The van der Waals surface area contributed by atoms with Gasteiger partial charge in [-0.3, -0.25) is 9.48 Å². The summed E-state index contributed by atoms with van der Waals surface area (Å²) in [6, 6.07) is 10.3. The van der Waals surface area contributed by atoms with Crippen molar-refractivity contribution in [2.75, 3.05) is 11.5 Å². The van der Waals surface area contributed by atoms with Crippen molar-refractivity contribution >= 4 is 17.7 Å². The monoisotopic (exact) mass is 329 g/mol. The summed E-state index contributed by atoms with van der Waals surface area (Å²) < 4.78 is 2.00. The van der Waals surface area contributed by atoms with Crippen LogP contribution in [0.1, 0.15) is 22.5 Å². The number of carbonyl (C=O) groups excluding carboxylic acids is 1. The van der Waals surface area contributed by atoms with Crippen molar-refractivity contribution < 1.29 is 4.79 Å². The van der Waals surface area contributed by atoms with E-state index in [-0.39, 0.29) is 5.91 Å². The number of nitrogens with one attached hydrogen (secondary N) is 1. The average molecular weight is 329 g/mol. The lowest BCUT2D eigenvalue weighted by atomic mass is 10.1. The molecule has 0 bridgehead atoms. The Morgan fingerprint density at radius 1 is 1.35 bits per heavy atom. The summed E-state index contributed by atoms with van der Waals surface area (Å²) in [6.45, 7) is 9.00. The van der Waals surface area contributed by atoms with Gasteiger partial charge in [0.15, 0.2) is 0 Å². The summed E-state index contributed by atoms with van der Waals surface area (Å²) in [6.07, 6.45) is 1.81. The van der Waals surface area contributed by atoms with Gasteiger partial charge in [-0.1, -0.05) is 30.3 Å². The van der Waals surface area contributed by atoms with Gasteiger partial charge in [-0.05, 0) is 31.0 Å². The molecule has 0 aliphatic carbocycles. The highest BCUT2D eigenvalue weighted by Crippen LogP contribution is 2.10. The van der Waals surface area contributed by atoms with Gasteiger partial charge in [-0.25, -0.2) is 0 Å². The molecule has 0 spiro atoms. The van der Waals surface area contributed by atoms with Crippen molar-refractivity contribution in [2.45, 2.75) is 26.9 Å². The van der Waals surface area contributed by atoms with Crippen LogP contribution in [0.3, 0.4) is 0 Å². The first kappa shape index (κ1) is 17.3. The molecule has 1 heterocycles. The maximum atomic E-state index is 11.7. The topological polar surface area (TPSA) is 46.9 Å². The molecule has 2 rings (SSSR count). The Bertz CT molecular complexity index is 679. The molecular formula is C18H23N3OS. The average Bonchev–Trinajstić information content (AvgIpc) is 2.83. The van der Waals surface area contributed by atoms with Gasteiger partial charge in [0.2, 0.25) is 5.91 Å². The van der Waals surface area contributed by atoms with E-state index in [0.29, 0.717) is 12.3 Å². The van der Waals surface area contributed by atoms with Gasteiger partial charge in [-0.2, -0.15) is 5.10 Å². The standard InChI is InChI=1S/C18H23N3OS/c1-4-8-23-13-18(22)19-11-16-6-5-7-17(10-16)12-21-15(3)9-14(2)20-21/h4-7,9-10H,1,8,11-13H2,2-3H3,(H,19,22). The quantitative estimate of drug-likeness (QED) is 0.598. The largest absolute Gasteiger partial charge is 0.351 e. The molecule has 122 valence electrons.